The number of carbonyl (C=O) groups is 2. The van der Waals surface area contributed by atoms with Gasteiger partial charge in [0.15, 0.2) is 0 Å². The van der Waals surface area contributed by atoms with Gasteiger partial charge in [0.2, 0.25) is 11.8 Å². The lowest BCUT2D eigenvalue weighted by Gasteiger charge is -2.32. The Balaban J connectivity index is 2.07. The van der Waals surface area contributed by atoms with E-state index < -0.39 is 28.5 Å². The van der Waals surface area contributed by atoms with E-state index in [1.165, 1.54) is 17.0 Å². The van der Waals surface area contributed by atoms with Crippen molar-refractivity contribution in [1.82, 2.24) is 10.2 Å². The van der Waals surface area contributed by atoms with Crippen molar-refractivity contribution in [3.05, 3.63) is 93.5 Å². The predicted octanol–water partition coefficient (Wildman–Crippen LogP) is 5.75. The number of sulfonamides is 1. The molecule has 0 saturated heterocycles. The van der Waals surface area contributed by atoms with Crippen LogP contribution in [0.15, 0.2) is 71.6 Å². The van der Waals surface area contributed by atoms with Gasteiger partial charge in [-0.2, -0.15) is 0 Å². The van der Waals surface area contributed by atoms with Gasteiger partial charge in [-0.3, -0.25) is 13.9 Å². The van der Waals surface area contributed by atoms with Crippen molar-refractivity contribution in [2.24, 2.45) is 0 Å². The zero-order chi connectivity index (χ0) is 28.7. The number of halogens is 2. The summed E-state index contributed by atoms with van der Waals surface area (Å²) < 4.78 is 28.7. The number of aryl methyl sites for hydroxylation is 2. The Morgan fingerprint density at radius 3 is 2.15 bits per heavy atom. The van der Waals surface area contributed by atoms with E-state index in [9.17, 15) is 18.0 Å². The average Bonchev–Trinajstić information content (AvgIpc) is 2.91. The minimum atomic E-state index is -4.13. The van der Waals surface area contributed by atoms with E-state index in [1.54, 1.807) is 55.5 Å². The number of amides is 2. The van der Waals surface area contributed by atoms with Crippen molar-refractivity contribution < 1.29 is 18.0 Å². The molecule has 0 bridgehead atoms. The van der Waals surface area contributed by atoms with E-state index in [0.29, 0.717) is 27.8 Å². The second-order valence-electron chi connectivity index (χ2n) is 9.28. The molecule has 7 nitrogen and oxygen atoms in total. The lowest BCUT2D eigenvalue weighted by atomic mass is 10.1. The van der Waals surface area contributed by atoms with Crippen LogP contribution in [0, 0.1) is 13.8 Å². The zero-order valence-corrected chi connectivity index (χ0v) is 24.8. The number of rotatable bonds is 11. The molecule has 0 unspecified atom stereocenters. The van der Waals surface area contributed by atoms with Crippen molar-refractivity contribution in [1.29, 1.82) is 0 Å². The highest BCUT2D eigenvalue weighted by Gasteiger charge is 2.33. The Hall–Kier alpha value is -3.07. The van der Waals surface area contributed by atoms with Crippen molar-refractivity contribution in [3.63, 3.8) is 0 Å². The van der Waals surface area contributed by atoms with Crippen LogP contribution in [0.3, 0.4) is 0 Å². The summed E-state index contributed by atoms with van der Waals surface area (Å²) in [6, 6.07) is 17.2. The standard InChI is InChI=1S/C29H33Cl2N3O4S/c1-5-16-32-29(36)22(4)33(18-25-26(30)12-9-13-27(25)31)28(35)19-34(23-15-14-20(2)21(3)17-23)39(37,38)24-10-7-6-8-11-24/h6-15,17,22H,5,16,18-19H2,1-4H3,(H,32,36)/t22-/m0/s1. The lowest BCUT2D eigenvalue weighted by Crippen LogP contribution is -2.51. The van der Waals surface area contributed by atoms with Gasteiger partial charge in [-0.1, -0.05) is 60.5 Å². The molecule has 0 fully saturated rings. The lowest BCUT2D eigenvalue weighted by molar-refractivity contribution is -0.139. The second kappa shape index (κ2) is 13.3. The van der Waals surface area contributed by atoms with E-state index in [-0.39, 0.29) is 17.3 Å². The van der Waals surface area contributed by atoms with E-state index in [1.807, 2.05) is 26.8 Å². The highest BCUT2D eigenvalue weighted by atomic mass is 35.5. The molecule has 0 aliphatic rings. The third kappa shape index (κ3) is 7.32. The van der Waals surface area contributed by atoms with Crippen LogP contribution >= 0.6 is 23.2 Å². The quantitative estimate of drug-likeness (QED) is 0.308. The van der Waals surface area contributed by atoms with Gasteiger partial charge in [-0.15, -0.1) is 0 Å². The summed E-state index contributed by atoms with van der Waals surface area (Å²) in [7, 11) is -4.13. The van der Waals surface area contributed by atoms with Gasteiger partial charge >= 0.3 is 0 Å². The number of nitrogens with one attached hydrogen (secondary N) is 1. The number of hydrogen-bond acceptors (Lipinski definition) is 4. The summed E-state index contributed by atoms with van der Waals surface area (Å²) in [4.78, 5) is 28.3. The molecule has 0 radical (unpaired) electrons. The summed E-state index contributed by atoms with van der Waals surface area (Å²) in [5.74, 6) is -0.945. The van der Waals surface area contributed by atoms with Gasteiger partial charge in [0.05, 0.1) is 10.6 Å². The summed E-state index contributed by atoms with van der Waals surface area (Å²) in [5, 5.41) is 3.48. The molecule has 0 saturated carbocycles. The fourth-order valence-electron chi connectivity index (χ4n) is 3.96. The van der Waals surface area contributed by atoms with Crippen molar-refractivity contribution in [2.75, 3.05) is 17.4 Å². The van der Waals surface area contributed by atoms with Gasteiger partial charge in [0.25, 0.3) is 10.0 Å². The molecule has 0 aliphatic heterocycles. The Labute approximate surface area is 240 Å². The Morgan fingerprint density at radius 2 is 1.56 bits per heavy atom. The zero-order valence-electron chi connectivity index (χ0n) is 22.4. The van der Waals surface area contributed by atoms with Gasteiger partial charge < -0.3 is 10.2 Å². The maximum Gasteiger partial charge on any atom is 0.264 e. The largest absolute Gasteiger partial charge is 0.354 e. The highest BCUT2D eigenvalue weighted by molar-refractivity contribution is 7.92. The van der Waals surface area contributed by atoms with Crippen molar-refractivity contribution in [2.45, 2.75) is 51.6 Å². The van der Waals surface area contributed by atoms with Crippen molar-refractivity contribution in [3.8, 4) is 0 Å². The first-order valence-electron chi connectivity index (χ1n) is 12.6. The second-order valence-corrected chi connectivity index (χ2v) is 12.0. The number of hydrogen-bond donors (Lipinski definition) is 1. The molecule has 3 rings (SSSR count). The van der Waals surface area contributed by atoms with Crippen LogP contribution in [0.5, 0.6) is 0 Å². The number of benzene rings is 3. The Kier molecular flexibility index (Phi) is 10.4. The monoisotopic (exact) mass is 589 g/mol. The maximum atomic E-state index is 14.0. The smallest absolute Gasteiger partial charge is 0.264 e. The number of carbonyl (C=O) groups excluding carboxylic acids is 2. The minimum absolute atomic E-state index is 0.0467. The van der Waals surface area contributed by atoms with Crippen LogP contribution < -0.4 is 9.62 Å². The SMILES string of the molecule is CCCNC(=O)[C@H](C)N(Cc1c(Cl)cccc1Cl)C(=O)CN(c1ccc(C)c(C)c1)S(=O)(=O)c1ccccc1. The number of anilines is 1. The molecule has 1 atom stereocenters. The first kappa shape index (κ1) is 30.5. The Morgan fingerprint density at radius 1 is 0.923 bits per heavy atom. The summed E-state index contributed by atoms with van der Waals surface area (Å²) >= 11 is 12.8. The molecular weight excluding hydrogens is 557 g/mol. The maximum absolute atomic E-state index is 14.0. The normalized spacial score (nSPS) is 12.1. The molecule has 1 N–H and O–H groups in total. The fourth-order valence-corrected chi connectivity index (χ4v) is 5.91. The first-order valence-corrected chi connectivity index (χ1v) is 14.8. The van der Waals surface area contributed by atoms with E-state index in [4.69, 9.17) is 23.2 Å². The molecule has 3 aromatic carbocycles. The molecule has 3 aromatic rings. The van der Waals surface area contributed by atoms with Gasteiger partial charge in [0.1, 0.15) is 12.6 Å². The molecular formula is C29H33Cl2N3O4S. The van der Waals surface area contributed by atoms with E-state index in [0.717, 1.165) is 21.9 Å². The third-order valence-corrected chi connectivity index (χ3v) is 8.99. The topological polar surface area (TPSA) is 86.8 Å². The molecule has 208 valence electrons. The minimum Gasteiger partial charge on any atom is -0.354 e. The average molecular weight is 591 g/mol. The van der Waals surface area contributed by atoms with E-state index >= 15 is 0 Å². The molecule has 2 amide bonds. The molecule has 0 aliphatic carbocycles. The molecule has 0 spiro atoms. The molecule has 10 heteroatoms. The summed E-state index contributed by atoms with van der Waals surface area (Å²) in [6.07, 6.45) is 0.721. The predicted molar refractivity (Wildman–Crippen MR) is 157 cm³/mol. The summed E-state index contributed by atoms with van der Waals surface area (Å²) in [5.41, 5.74) is 2.67. The van der Waals surface area contributed by atoms with Crippen LogP contribution in [0.4, 0.5) is 5.69 Å². The van der Waals surface area contributed by atoms with Crippen LogP contribution in [-0.2, 0) is 26.2 Å². The van der Waals surface area contributed by atoms with Crippen LogP contribution in [-0.4, -0.2) is 44.3 Å². The van der Waals surface area contributed by atoms with Gasteiger partial charge in [-0.05, 0) is 74.7 Å². The van der Waals surface area contributed by atoms with E-state index in [2.05, 4.69) is 5.32 Å². The van der Waals surface area contributed by atoms with Crippen LogP contribution in [0.2, 0.25) is 10.0 Å². The van der Waals surface area contributed by atoms with Crippen LogP contribution in [0.25, 0.3) is 0 Å². The highest BCUT2D eigenvalue weighted by Crippen LogP contribution is 2.29. The fraction of sp³-hybridized carbons (Fsp3) is 0.310. The third-order valence-electron chi connectivity index (χ3n) is 6.50. The Bertz CT molecular complexity index is 1410. The van der Waals surface area contributed by atoms with Gasteiger partial charge in [0, 0.05) is 28.7 Å². The first-order chi connectivity index (χ1) is 18.5. The molecule has 0 heterocycles. The summed E-state index contributed by atoms with van der Waals surface area (Å²) in [6.45, 7) is 7.14. The van der Waals surface area contributed by atoms with Gasteiger partial charge in [-0.25, -0.2) is 8.42 Å². The molecule has 39 heavy (non-hydrogen) atoms. The number of nitrogens with zero attached hydrogens (tertiary/aromatic N) is 2. The van der Waals surface area contributed by atoms with Crippen molar-refractivity contribution >= 4 is 50.7 Å². The molecule has 0 aromatic heterocycles. The van der Waals surface area contributed by atoms with Crippen LogP contribution in [0.1, 0.15) is 37.0 Å².